The number of rotatable bonds is 6. The first-order valence-electron chi connectivity index (χ1n) is 4.93. The summed E-state index contributed by atoms with van der Waals surface area (Å²) in [6.07, 6.45) is 0.931. The van der Waals surface area contributed by atoms with Gasteiger partial charge in [-0.25, -0.2) is 4.39 Å². The number of halogens is 1. The van der Waals surface area contributed by atoms with Crippen molar-refractivity contribution in [1.82, 2.24) is 0 Å². The molecule has 0 aliphatic heterocycles. The van der Waals surface area contributed by atoms with Crippen LogP contribution in [0.15, 0.2) is 17.0 Å². The number of thioether (sulfide) groups is 1. The highest BCUT2D eigenvalue weighted by Crippen LogP contribution is 2.31. The van der Waals surface area contributed by atoms with Gasteiger partial charge in [0.1, 0.15) is 0 Å². The van der Waals surface area contributed by atoms with Crippen molar-refractivity contribution in [3.63, 3.8) is 0 Å². The lowest BCUT2D eigenvalue weighted by Gasteiger charge is -2.08. The normalized spacial score (nSPS) is 10.4. The third-order valence-corrected chi connectivity index (χ3v) is 3.19. The Bertz CT molecular complexity index is 347. The molecule has 1 aromatic carbocycles. The lowest BCUT2D eigenvalue weighted by atomic mass is 10.3. The summed E-state index contributed by atoms with van der Waals surface area (Å²) in [4.78, 5) is 0.842. The molecule has 1 aromatic rings. The molecule has 3 nitrogen and oxygen atoms in total. The van der Waals surface area contributed by atoms with Gasteiger partial charge in [0.05, 0.1) is 7.11 Å². The summed E-state index contributed by atoms with van der Waals surface area (Å²) >= 11 is 1.57. The van der Waals surface area contributed by atoms with E-state index in [0.717, 1.165) is 17.1 Å². The van der Waals surface area contributed by atoms with Crippen molar-refractivity contribution >= 4 is 17.4 Å². The first-order valence-corrected chi connectivity index (χ1v) is 5.92. The molecule has 0 saturated carbocycles. The predicted molar refractivity (Wildman–Crippen MR) is 64.6 cm³/mol. The quantitative estimate of drug-likeness (QED) is 0.475. The molecule has 0 atom stereocenters. The first kappa shape index (κ1) is 13.1. The highest BCUT2D eigenvalue weighted by Gasteiger charge is 2.08. The molecule has 16 heavy (non-hydrogen) atoms. The number of nitrogen functional groups attached to an aromatic ring is 1. The number of benzene rings is 1. The Morgan fingerprint density at radius 1 is 1.38 bits per heavy atom. The van der Waals surface area contributed by atoms with E-state index in [1.165, 1.54) is 13.2 Å². The molecule has 1 rings (SSSR count). The minimum absolute atomic E-state index is 0.225. The molecular weight excluding hydrogens is 229 g/mol. The standard InChI is InChI=1S/C11H16FNO2S/c1-14-4-3-5-16-11-7-10(15-2)8(12)6-9(11)13/h6-7H,3-5,13H2,1-2H3. The number of nitrogens with two attached hydrogens (primary N) is 1. The Morgan fingerprint density at radius 3 is 2.75 bits per heavy atom. The Hall–Kier alpha value is -0.940. The maximum atomic E-state index is 13.2. The minimum Gasteiger partial charge on any atom is -0.494 e. The molecule has 0 saturated heterocycles. The van der Waals surface area contributed by atoms with Crippen LogP contribution >= 0.6 is 11.8 Å². The van der Waals surface area contributed by atoms with Gasteiger partial charge in [-0.3, -0.25) is 0 Å². The summed E-state index contributed by atoms with van der Waals surface area (Å²) in [5.41, 5.74) is 6.16. The van der Waals surface area contributed by atoms with Crippen molar-refractivity contribution < 1.29 is 13.9 Å². The van der Waals surface area contributed by atoms with Crippen molar-refractivity contribution in [3.8, 4) is 5.75 Å². The molecule has 0 unspecified atom stereocenters. The Morgan fingerprint density at radius 2 is 2.12 bits per heavy atom. The van der Waals surface area contributed by atoms with E-state index in [2.05, 4.69) is 0 Å². The van der Waals surface area contributed by atoms with Crippen LogP contribution in [0.3, 0.4) is 0 Å². The number of ether oxygens (including phenoxy) is 2. The molecule has 0 heterocycles. The fourth-order valence-electron chi connectivity index (χ4n) is 1.22. The highest BCUT2D eigenvalue weighted by molar-refractivity contribution is 7.99. The fraction of sp³-hybridized carbons (Fsp3) is 0.455. The van der Waals surface area contributed by atoms with Crippen LogP contribution in [0, 0.1) is 5.82 Å². The molecular formula is C11H16FNO2S. The van der Waals surface area contributed by atoms with Gasteiger partial charge >= 0.3 is 0 Å². The van der Waals surface area contributed by atoms with Gasteiger partial charge in [-0.1, -0.05) is 0 Å². The van der Waals surface area contributed by atoms with Gasteiger partial charge in [0.15, 0.2) is 11.6 Å². The molecule has 5 heteroatoms. The molecule has 0 fully saturated rings. The first-order chi connectivity index (χ1) is 7.69. The second-order valence-corrected chi connectivity index (χ2v) is 4.36. The molecule has 0 aliphatic carbocycles. The van der Waals surface area contributed by atoms with Gasteiger partial charge in [0, 0.05) is 36.1 Å². The monoisotopic (exact) mass is 245 g/mol. The van der Waals surface area contributed by atoms with Crippen LogP contribution in [0.5, 0.6) is 5.75 Å². The van der Waals surface area contributed by atoms with Crippen LogP contribution in [-0.4, -0.2) is 26.6 Å². The minimum atomic E-state index is -0.429. The van der Waals surface area contributed by atoms with E-state index in [-0.39, 0.29) is 5.75 Å². The van der Waals surface area contributed by atoms with Gasteiger partial charge in [-0.05, 0) is 12.5 Å². The van der Waals surface area contributed by atoms with Crippen LogP contribution in [-0.2, 0) is 4.74 Å². The fourth-order valence-corrected chi connectivity index (χ4v) is 2.12. The van der Waals surface area contributed by atoms with Gasteiger partial charge in [-0.15, -0.1) is 11.8 Å². The van der Waals surface area contributed by atoms with Crippen LogP contribution < -0.4 is 10.5 Å². The summed E-state index contributed by atoms with van der Waals surface area (Å²) in [5.74, 6) is 0.678. The van der Waals surface area contributed by atoms with E-state index in [4.69, 9.17) is 15.2 Å². The van der Waals surface area contributed by atoms with E-state index in [0.29, 0.717) is 12.3 Å². The molecule has 0 aromatic heterocycles. The maximum absolute atomic E-state index is 13.2. The topological polar surface area (TPSA) is 44.5 Å². The van der Waals surface area contributed by atoms with Gasteiger partial charge in [0.25, 0.3) is 0 Å². The number of anilines is 1. The van der Waals surface area contributed by atoms with Gasteiger partial charge < -0.3 is 15.2 Å². The molecule has 0 bridgehead atoms. The van der Waals surface area contributed by atoms with Crippen molar-refractivity contribution in [3.05, 3.63) is 17.9 Å². The lowest BCUT2D eigenvalue weighted by molar-refractivity contribution is 0.200. The van der Waals surface area contributed by atoms with E-state index in [1.807, 2.05) is 0 Å². The van der Waals surface area contributed by atoms with E-state index in [9.17, 15) is 4.39 Å². The van der Waals surface area contributed by atoms with Crippen LogP contribution in [0.2, 0.25) is 0 Å². The Balaban J connectivity index is 2.64. The van der Waals surface area contributed by atoms with Crippen LogP contribution in [0.1, 0.15) is 6.42 Å². The number of hydrogen-bond donors (Lipinski definition) is 1. The summed E-state index contributed by atoms with van der Waals surface area (Å²) in [6, 6.07) is 2.92. The third-order valence-electron chi connectivity index (χ3n) is 2.03. The van der Waals surface area contributed by atoms with Crippen molar-refractivity contribution in [1.29, 1.82) is 0 Å². The average Bonchev–Trinajstić information content (AvgIpc) is 2.27. The zero-order chi connectivity index (χ0) is 12.0. The van der Waals surface area contributed by atoms with E-state index < -0.39 is 5.82 Å². The summed E-state index contributed by atoms with van der Waals surface area (Å²) < 4.78 is 23.1. The molecule has 2 N–H and O–H groups in total. The molecule has 0 radical (unpaired) electrons. The highest BCUT2D eigenvalue weighted by atomic mass is 32.2. The second kappa shape index (κ2) is 6.60. The third kappa shape index (κ3) is 3.57. The van der Waals surface area contributed by atoms with Crippen molar-refractivity contribution in [2.24, 2.45) is 0 Å². The van der Waals surface area contributed by atoms with Crippen LogP contribution in [0.25, 0.3) is 0 Å². The van der Waals surface area contributed by atoms with E-state index >= 15 is 0 Å². The Kier molecular flexibility index (Phi) is 5.42. The van der Waals surface area contributed by atoms with Gasteiger partial charge in [0.2, 0.25) is 0 Å². The zero-order valence-corrected chi connectivity index (χ0v) is 10.3. The summed E-state index contributed by atoms with van der Waals surface area (Å²) in [6.45, 7) is 0.714. The molecule has 0 amide bonds. The lowest BCUT2D eigenvalue weighted by Crippen LogP contribution is -1.96. The SMILES string of the molecule is COCCCSc1cc(OC)c(F)cc1N. The average molecular weight is 245 g/mol. The van der Waals surface area contributed by atoms with Gasteiger partial charge in [-0.2, -0.15) is 0 Å². The largest absolute Gasteiger partial charge is 0.494 e. The molecule has 0 spiro atoms. The molecule has 90 valence electrons. The smallest absolute Gasteiger partial charge is 0.167 e. The summed E-state index contributed by atoms with van der Waals surface area (Å²) in [7, 11) is 3.11. The second-order valence-electron chi connectivity index (χ2n) is 3.22. The Labute approximate surface area is 99.1 Å². The van der Waals surface area contributed by atoms with Crippen molar-refractivity contribution in [2.45, 2.75) is 11.3 Å². The van der Waals surface area contributed by atoms with E-state index in [1.54, 1.807) is 24.9 Å². The van der Waals surface area contributed by atoms with Crippen LogP contribution in [0.4, 0.5) is 10.1 Å². The summed E-state index contributed by atoms with van der Waals surface area (Å²) in [5, 5.41) is 0. The number of methoxy groups -OCH3 is 2. The predicted octanol–water partition coefficient (Wildman–Crippen LogP) is 2.55. The maximum Gasteiger partial charge on any atom is 0.167 e. The molecule has 0 aliphatic rings. The van der Waals surface area contributed by atoms with Crippen molar-refractivity contribution in [2.75, 3.05) is 32.3 Å². The number of hydrogen-bond acceptors (Lipinski definition) is 4. The zero-order valence-electron chi connectivity index (χ0n) is 9.46.